The lowest BCUT2D eigenvalue weighted by atomic mass is 10.0. The molecule has 0 spiro atoms. The van der Waals surface area contributed by atoms with Crippen LogP contribution in [0.4, 0.5) is 0 Å². The van der Waals surface area contributed by atoms with Crippen molar-refractivity contribution in [3.8, 4) is 5.75 Å². The molecule has 2 atom stereocenters. The molecule has 0 aliphatic heterocycles. The average molecular weight is 682 g/mol. The van der Waals surface area contributed by atoms with Gasteiger partial charge in [-0.1, -0.05) is 111 Å². The van der Waals surface area contributed by atoms with Gasteiger partial charge in [0.05, 0.1) is 11.6 Å². The van der Waals surface area contributed by atoms with E-state index in [4.69, 9.17) is 20.6 Å². The third-order valence-corrected chi connectivity index (χ3v) is 9.18. The number of phosphoric ester groups is 1. The van der Waals surface area contributed by atoms with Gasteiger partial charge in [-0.2, -0.15) is 0 Å². The van der Waals surface area contributed by atoms with Crippen LogP contribution in [0.1, 0.15) is 80.1 Å². The molecule has 2 amide bonds. The van der Waals surface area contributed by atoms with Gasteiger partial charge in [0.2, 0.25) is 5.91 Å². The van der Waals surface area contributed by atoms with E-state index in [1.165, 1.54) is 6.07 Å². The summed E-state index contributed by atoms with van der Waals surface area (Å²) < 4.78 is 22.2. The van der Waals surface area contributed by atoms with Gasteiger partial charge in [0, 0.05) is 35.6 Å². The minimum absolute atomic E-state index is 0.125. The number of hydrogen-bond acceptors (Lipinski definition) is 5. The number of carbonyl (C=O) groups is 2. The second-order valence-electron chi connectivity index (χ2n) is 11.6. The van der Waals surface area contributed by atoms with Gasteiger partial charge in [0.1, 0.15) is 11.8 Å². The quantitative estimate of drug-likeness (QED) is 0.0516. The highest BCUT2D eigenvalue weighted by molar-refractivity contribution is 7.47. The smallest absolute Gasteiger partial charge is 0.403 e. The molecule has 9 nitrogen and oxygen atoms in total. The van der Waals surface area contributed by atoms with E-state index in [2.05, 4.69) is 15.6 Å². The lowest BCUT2D eigenvalue weighted by Gasteiger charge is -2.18. The summed E-state index contributed by atoms with van der Waals surface area (Å²) in [7, 11) is -4.20. The minimum Gasteiger partial charge on any atom is -0.403 e. The number of fused-ring (bicyclic) bond motifs is 1. The van der Waals surface area contributed by atoms with Crippen LogP contribution >= 0.6 is 19.4 Å². The third kappa shape index (κ3) is 12.5. The van der Waals surface area contributed by atoms with Crippen LogP contribution in [0.15, 0.2) is 85.1 Å². The number of phosphoric acid groups is 1. The number of aromatic nitrogens is 1. The van der Waals surface area contributed by atoms with Crippen LogP contribution in [0.25, 0.3) is 10.9 Å². The van der Waals surface area contributed by atoms with Crippen molar-refractivity contribution in [3.05, 3.63) is 101 Å². The zero-order valence-corrected chi connectivity index (χ0v) is 28.3. The van der Waals surface area contributed by atoms with Crippen molar-refractivity contribution >= 4 is 42.1 Å². The fourth-order valence-electron chi connectivity index (χ4n) is 5.39. The first-order chi connectivity index (χ1) is 22.8. The van der Waals surface area contributed by atoms with Gasteiger partial charge in [-0.15, -0.1) is 0 Å². The largest absolute Gasteiger partial charge is 0.527 e. The molecule has 4 rings (SSSR count). The van der Waals surface area contributed by atoms with Crippen molar-refractivity contribution in [1.82, 2.24) is 15.6 Å². The van der Waals surface area contributed by atoms with Gasteiger partial charge in [0.25, 0.3) is 5.91 Å². The number of benzene rings is 3. The van der Waals surface area contributed by atoms with Gasteiger partial charge in [0.15, 0.2) is 0 Å². The molecule has 252 valence electrons. The minimum atomic E-state index is -4.20. The Bertz CT molecular complexity index is 1600. The van der Waals surface area contributed by atoms with Crippen molar-refractivity contribution in [1.29, 1.82) is 0 Å². The Hall–Kier alpha value is -3.62. The highest BCUT2D eigenvalue weighted by atomic mass is 35.5. The van der Waals surface area contributed by atoms with Crippen molar-refractivity contribution in [2.45, 2.75) is 76.7 Å². The van der Waals surface area contributed by atoms with Crippen LogP contribution in [-0.4, -0.2) is 40.9 Å². The Morgan fingerprint density at radius 3 is 2.15 bits per heavy atom. The molecule has 3 aromatic carbocycles. The Morgan fingerprint density at radius 2 is 1.43 bits per heavy atom. The van der Waals surface area contributed by atoms with Crippen molar-refractivity contribution in [3.63, 3.8) is 0 Å². The molecule has 1 heterocycles. The van der Waals surface area contributed by atoms with E-state index < -0.39 is 13.9 Å². The van der Waals surface area contributed by atoms with E-state index in [0.29, 0.717) is 24.9 Å². The van der Waals surface area contributed by atoms with E-state index in [9.17, 15) is 19.0 Å². The first-order valence-electron chi connectivity index (χ1n) is 16.4. The molecule has 11 heteroatoms. The summed E-state index contributed by atoms with van der Waals surface area (Å²) in [6.07, 6.45) is 12.5. The summed E-state index contributed by atoms with van der Waals surface area (Å²) in [4.78, 5) is 39.3. The van der Waals surface area contributed by atoms with Gasteiger partial charge in [-0.25, -0.2) is 4.57 Å². The summed E-state index contributed by atoms with van der Waals surface area (Å²) in [6, 6.07) is 22.7. The Kier molecular flexibility index (Phi) is 14.8. The van der Waals surface area contributed by atoms with Gasteiger partial charge in [-0.05, 0) is 48.7 Å². The average Bonchev–Trinajstić information content (AvgIpc) is 3.48. The fraction of sp³-hybridized carbons (Fsp3) is 0.389. The van der Waals surface area contributed by atoms with Crippen molar-refractivity contribution in [2.24, 2.45) is 0 Å². The van der Waals surface area contributed by atoms with Crippen LogP contribution in [0, 0.1) is 0 Å². The highest BCUT2D eigenvalue weighted by Gasteiger charge is 2.24. The number of H-pyrrole nitrogens is 1. The lowest BCUT2D eigenvalue weighted by Crippen LogP contribution is -2.48. The molecular formula is C36H45ClN3O6P. The SMILES string of the molecule is O=C(N[C@H](Cc1c[nH]c2ccccc12)C(=O)NCCCCCCCCCCCCOP(=O)(O)Oc1ccccc1Cl)c1ccccc1. The fourth-order valence-corrected chi connectivity index (χ4v) is 6.43. The molecule has 0 fully saturated rings. The number of rotatable bonds is 21. The maximum absolute atomic E-state index is 13.2. The molecule has 1 aromatic heterocycles. The first kappa shape index (κ1) is 36.2. The summed E-state index contributed by atoms with van der Waals surface area (Å²) in [5.41, 5.74) is 2.50. The van der Waals surface area contributed by atoms with Crippen LogP contribution < -0.4 is 15.2 Å². The van der Waals surface area contributed by atoms with E-state index >= 15 is 0 Å². The summed E-state index contributed by atoms with van der Waals surface area (Å²) in [5.74, 6) is -0.325. The summed E-state index contributed by atoms with van der Waals surface area (Å²) in [5, 5.41) is 7.28. The van der Waals surface area contributed by atoms with E-state index in [-0.39, 0.29) is 29.2 Å². The van der Waals surface area contributed by atoms with Crippen LogP contribution in [-0.2, 0) is 20.3 Å². The molecule has 0 saturated heterocycles. The Balaban J connectivity index is 1.06. The third-order valence-electron chi connectivity index (χ3n) is 7.93. The van der Waals surface area contributed by atoms with E-state index in [1.807, 2.05) is 36.5 Å². The van der Waals surface area contributed by atoms with E-state index in [0.717, 1.165) is 74.3 Å². The van der Waals surface area contributed by atoms with Crippen LogP contribution in [0.5, 0.6) is 5.75 Å². The molecule has 0 saturated carbocycles. The number of nitrogens with one attached hydrogen (secondary N) is 3. The van der Waals surface area contributed by atoms with E-state index in [1.54, 1.807) is 42.5 Å². The Morgan fingerprint density at radius 1 is 0.809 bits per heavy atom. The predicted octanol–water partition coefficient (Wildman–Crippen LogP) is 8.38. The number of para-hydroxylation sites is 2. The monoisotopic (exact) mass is 681 g/mol. The maximum atomic E-state index is 13.2. The van der Waals surface area contributed by atoms with Crippen molar-refractivity contribution in [2.75, 3.05) is 13.2 Å². The standard InChI is InChI=1S/C36H45ClN3O6P/c37-31-21-13-15-23-34(31)46-47(43,44)45-25-17-8-6-4-2-1-3-5-7-16-24-38-36(42)33(40-35(41)28-18-10-9-11-19-28)26-29-27-39-32-22-14-12-20-30(29)32/h9-15,18-23,27,33,39H,1-8,16-17,24-26H2,(H,38,42)(H,40,41)(H,43,44)/t33-/m1/s1. The zero-order chi connectivity index (χ0) is 33.3. The number of hydrogen-bond donors (Lipinski definition) is 4. The Labute approximate surface area is 282 Å². The molecular weight excluding hydrogens is 637 g/mol. The van der Waals surface area contributed by atoms with Gasteiger partial charge in [-0.3, -0.25) is 19.0 Å². The van der Waals surface area contributed by atoms with Gasteiger partial charge < -0.3 is 20.1 Å². The molecule has 47 heavy (non-hydrogen) atoms. The van der Waals surface area contributed by atoms with Crippen molar-refractivity contribution < 1.29 is 28.1 Å². The summed E-state index contributed by atoms with van der Waals surface area (Å²) in [6.45, 7) is 0.717. The number of halogens is 1. The first-order valence-corrected chi connectivity index (χ1v) is 18.3. The predicted molar refractivity (Wildman–Crippen MR) is 187 cm³/mol. The number of amides is 2. The molecule has 4 N–H and O–H groups in total. The number of unbranched alkanes of at least 4 members (excludes halogenated alkanes) is 9. The zero-order valence-electron chi connectivity index (χ0n) is 26.7. The molecule has 4 aromatic rings. The second-order valence-corrected chi connectivity index (χ2v) is 13.4. The molecule has 0 radical (unpaired) electrons. The number of carbonyl (C=O) groups excluding carboxylic acids is 2. The topological polar surface area (TPSA) is 130 Å². The summed E-state index contributed by atoms with van der Waals surface area (Å²) >= 11 is 5.96. The molecule has 0 aliphatic carbocycles. The maximum Gasteiger partial charge on any atom is 0.527 e. The van der Waals surface area contributed by atoms with Crippen LogP contribution in [0.3, 0.4) is 0 Å². The molecule has 1 unspecified atom stereocenters. The molecule has 0 aliphatic rings. The van der Waals surface area contributed by atoms with Crippen LogP contribution in [0.2, 0.25) is 5.02 Å². The number of aromatic amines is 1. The molecule has 0 bridgehead atoms. The normalized spacial score (nSPS) is 13.1. The highest BCUT2D eigenvalue weighted by Crippen LogP contribution is 2.45. The second kappa shape index (κ2) is 19.3. The lowest BCUT2D eigenvalue weighted by molar-refractivity contribution is -0.122. The van der Waals surface area contributed by atoms with Gasteiger partial charge >= 0.3 is 7.82 Å².